The van der Waals surface area contributed by atoms with Gasteiger partial charge in [0, 0.05) is 23.3 Å². The number of hydrogen-bond acceptors (Lipinski definition) is 2. The van der Waals surface area contributed by atoms with Crippen molar-refractivity contribution in [3.63, 3.8) is 0 Å². The molecule has 1 saturated carbocycles. The Kier molecular flexibility index (Phi) is 4.24. The molecule has 0 N–H and O–H groups in total. The maximum atomic E-state index is 12.8. The fourth-order valence-corrected chi connectivity index (χ4v) is 3.26. The molecule has 2 aromatic rings. The smallest absolute Gasteiger partial charge is 0.227 e. The fraction of sp³-hybridized carbons (Fsp3) is 0.474. The third-order valence-corrected chi connectivity index (χ3v) is 4.55. The van der Waals surface area contributed by atoms with Crippen LogP contribution in [0.2, 0.25) is 0 Å². The van der Waals surface area contributed by atoms with Gasteiger partial charge < -0.3 is 4.90 Å². The van der Waals surface area contributed by atoms with Crippen LogP contribution in [-0.2, 0) is 11.2 Å². The van der Waals surface area contributed by atoms with Crippen LogP contribution in [0.5, 0.6) is 0 Å². The van der Waals surface area contributed by atoms with E-state index in [1.54, 1.807) is 0 Å². The number of aryl methyl sites for hydroxylation is 1. The second-order valence-corrected chi connectivity index (χ2v) is 6.70. The van der Waals surface area contributed by atoms with E-state index in [1.807, 2.05) is 48.9 Å². The van der Waals surface area contributed by atoms with Crippen LogP contribution in [0.15, 0.2) is 30.3 Å². The first-order valence-electron chi connectivity index (χ1n) is 8.40. The van der Waals surface area contributed by atoms with Crippen LogP contribution in [0.4, 0.5) is 0 Å². The zero-order chi connectivity index (χ0) is 16.6. The van der Waals surface area contributed by atoms with Crippen LogP contribution >= 0.6 is 0 Å². The Morgan fingerprint density at radius 3 is 2.48 bits per heavy atom. The minimum absolute atomic E-state index is 0.223. The van der Waals surface area contributed by atoms with Gasteiger partial charge in [-0.2, -0.15) is 5.10 Å². The van der Waals surface area contributed by atoms with Crippen molar-refractivity contribution in [2.45, 2.75) is 59.0 Å². The van der Waals surface area contributed by atoms with Gasteiger partial charge in [0.1, 0.15) is 0 Å². The van der Waals surface area contributed by atoms with Crippen LogP contribution in [0.25, 0.3) is 5.69 Å². The van der Waals surface area contributed by atoms with E-state index in [0.29, 0.717) is 12.5 Å². The van der Waals surface area contributed by atoms with E-state index in [-0.39, 0.29) is 11.9 Å². The molecule has 1 amide bonds. The third kappa shape index (κ3) is 3.16. The van der Waals surface area contributed by atoms with Crippen molar-refractivity contribution in [2.75, 3.05) is 0 Å². The van der Waals surface area contributed by atoms with Crippen molar-refractivity contribution in [3.05, 3.63) is 47.3 Å². The average Bonchev–Trinajstić information content (AvgIpc) is 3.30. The number of hydrogen-bond donors (Lipinski definition) is 0. The zero-order valence-corrected chi connectivity index (χ0v) is 14.4. The van der Waals surface area contributed by atoms with E-state index in [1.165, 1.54) is 0 Å². The molecule has 0 unspecified atom stereocenters. The molecule has 0 bridgehead atoms. The molecule has 1 heterocycles. The lowest BCUT2D eigenvalue weighted by Crippen LogP contribution is -2.39. The topological polar surface area (TPSA) is 38.1 Å². The Morgan fingerprint density at radius 2 is 1.91 bits per heavy atom. The summed E-state index contributed by atoms with van der Waals surface area (Å²) in [6, 6.07) is 10.8. The lowest BCUT2D eigenvalue weighted by Gasteiger charge is -2.26. The first-order valence-corrected chi connectivity index (χ1v) is 8.40. The maximum Gasteiger partial charge on any atom is 0.227 e. The van der Waals surface area contributed by atoms with E-state index < -0.39 is 0 Å². The van der Waals surface area contributed by atoms with Gasteiger partial charge in [-0.15, -0.1) is 0 Å². The number of carbonyl (C=O) groups excluding carboxylic acids is 1. The van der Waals surface area contributed by atoms with Crippen molar-refractivity contribution >= 4 is 5.91 Å². The highest BCUT2D eigenvalue weighted by molar-refractivity contribution is 5.80. The summed E-state index contributed by atoms with van der Waals surface area (Å²) in [5.74, 6) is 0.223. The number of amides is 1. The molecule has 1 aromatic heterocycles. The summed E-state index contributed by atoms with van der Waals surface area (Å²) in [6.07, 6.45) is 2.73. The Bertz CT molecular complexity index is 697. The van der Waals surface area contributed by atoms with Gasteiger partial charge in [-0.1, -0.05) is 18.2 Å². The number of nitrogens with zero attached hydrogens (tertiary/aromatic N) is 3. The van der Waals surface area contributed by atoms with Crippen LogP contribution < -0.4 is 0 Å². The second-order valence-electron chi connectivity index (χ2n) is 6.70. The predicted molar refractivity (Wildman–Crippen MR) is 91.7 cm³/mol. The average molecular weight is 311 g/mol. The standard InChI is InChI=1S/C19H25N3O/c1-13(2)21(16-10-11-16)19(23)12-18-14(3)20-22(15(18)4)17-8-6-5-7-9-17/h5-9,13,16H,10-12H2,1-4H3. The monoisotopic (exact) mass is 311 g/mol. The molecule has 23 heavy (non-hydrogen) atoms. The van der Waals surface area contributed by atoms with Crippen molar-refractivity contribution in [3.8, 4) is 5.69 Å². The van der Waals surface area contributed by atoms with Crippen LogP contribution in [0, 0.1) is 13.8 Å². The highest BCUT2D eigenvalue weighted by Gasteiger charge is 2.34. The van der Waals surface area contributed by atoms with Gasteiger partial charge in [0.2, 0.25) is 5.91 Å². The van der Waals surface area contributed by atoms with Crippen LogP contribution in [-0.4, -0.2) is 32.7 Å². The molecule has 0 aliphatic heterocycles. The molecule has 1 aliphatic carbocycles. The first-order chi connectivity index (χ1) is 11.0. The highest BCUT2D eigenvalue weighted by Crippen LogP contribution is 2.30. The maximum absolute atomic E-state index is 12.8. The normalized spacial score (nSPS) is 14.3. The third-order valence-electron chi connectivity index (χ3n) is 4.55. The van der Waals surface area contributed by atoms with Gasteiger partial charge in [0.25, 0.3) is 0 Å². The number of aromatic nitrogens is 2. The lowest BCUT2D eigenvalue weighted by molar-refractivity contribution is -0.132. The molecule has 1 aliphatic rings. The summed E-state index contributed by atoms with van der Waals surface area (Å²) >= 11 is 0. The number of rotatable bonds is 5. The Labute approximate surface area is 138 Å². The van der Waals surface area contributed by atoms with Crippen LogP contribution in [0.3, 0.4) is 0 Å². The number of carbonyl (C=O) groups is 1. The number of benzene rings is 1. The molecular formula is C19H25N3O. The molecule has 1 fully saturated rings. The SMILES string of the molecule is Cc1nn(-c2ccccc2)c(C)c1CC(=O)N(C(C)C)C1CC1. The molecule has 0 spiro atoms. The molecular weight excluding hydrogens is 286 g/mol. The largest absolute Gasteiger partial charge is 0.337 e. The minimum Gasteiger partial charge on any atom is -0.337 e. The van der Waals surface area contributed by atoms with Crippen LogP contribution in [0.1, 0.15) is 43.6 Å². The van der Waals surface area contributed by atoms with Gasteiger partial charge >= 0.3 is 0 Å². The van der Waals surface area contributed by atoms with Crippen molar-refractivity contribution < 1.29 is 4.79 Å². The summed E-state index contributed by atoms with van der Waals surface area (Å²) in [5, 5.41) is 4.64. The lowest BCUT2D eigenvalue weighted by atomic mass is 10.1. The Hall–Kier alpha value is -2.10. The molecule has 3 rings (SSSR count). The van der Waals surface area contributed by atoms with Crippen molar-refractivity contribution in [1.82, 2.24) is 14.7 Å². The van der Waals surface area contributed by atoms with E-state index in [9.17, 15) is 4.79 Å². The van der Waals surface area contributed by atoms with Gasteiger partial charge in [0.15, 0.2) is 0 Å². The highest BCUT2D eigenvalue weighted by atomic mass is 16.2. The van der Waals surface area contributed by atoms with Gasteiger partial charge in [0.05, 0.1) is 17.8 Å². The second kappa shape index (κ2) is 6.19. The van der Waals surface area contributed by atoms with E-state index >= 15 is 0 Å². The first kappa shape index (κ1) is 15.8. The molecule has 0 saturated heterocycles. The Balaban J connectivity index is 1.86. The number of para-hydroxylation sites is 1. The summed E-state index contributed by atoms with van der Waals surface area (Å²) in [5.41, 5.74) is 4.10. The minimum atomic E-state index is 0.223. The van der Waals surface area contributed by atoms with E-state index in [4.69, 9.17) is 0 Å². The zero-order valence-electron chi connectivity index (χ0n) is 14.4. The fourth-order valence-electron chi connectivity index (χ4n) is 3.26. The molecule has 1 aromatic carbocycles. The van der Waals surface area contributed by atoms with Gasteiger partial charge in [-0.25, -0.2) is 4.68 Å². The molecule has 4 heteroatoms. The summed E-state index contributed by atoms with van der Waals surface area (Å²) in [7, 11) is 0. The van der Waals surface area contributed by atoms with E-state index in [0.717, 1.165) is 35.5 Å². The van der Waals surface area contributed by atoms with Crippen molar-refractivity contribution in [2.24, 2.45) is 0 Å². The molecule has 4 nitrogen and oxygen atoms in total. The quantitative estimate of drug-likeness (QED) is 0.848. The van der Waals surface area contributed by atoms with Gasteiger partial charge in [-0.3, -0.25) is 4.79 Å². The molecule has 122 valence electrons. The predicted octanol–water partition coefficient (Wildman–Crippen LogP) is 3.43. The molecule has 0 radical (unpaired) electrons. The van der Waals surface area contributed by atoms with E-state index in [2.05, 4.69) is 23.8 Å². The van der Waals surface area contributed by atoms with Crippen molar-refractivity contribution in [1.29, 1.82) is 0 Å². The van der Waals surface area contributed by atoms with Gasteiger partial charge in [-0.05, 0) is 52.7 Å². The summed E-state index contributed by atoms with van der Waals surface area (Å²) in [6.45, 7) is 8.24. The molecule has 0 atom stereocenters. The summed E-state index contributed by atoms with van der Waals surface area (Å²) in [4.78, 5) is 14.8. The summed E-state index contributed by atoms with van der Waals surface area (Å²) < 4.78 is 1.94. The Morgan fingerprint density at radius 1 is 1.26 bits per heavy atom.